The van der Waals surface area contributed by atoms with E-state index >= 15 is 0 Å². The van der Waals surface area contributed by atoms with Gasteiger partial charge in [-0.3, -0.25) is 9.78 Å². The molecule has 0 saturated carbocycles. The summed E-state index contributed by atoms with van der Waals surface area (Å²) in [5, 5.41) is 4.05. The number of amides is 1. The number of fused-ring (bicyclic) bond motifs is 1. The number of carbonyl (C=O) groups is 1. The van der Waals surface area contributed by atoms with E-state index in [0.29, 0.717) is 29.1 Å². The molecule has 4 rings (SSSR count). The fourth-order valence-electron chi connectivity index (χ4n) is 2.71. The molecule has 0 aliphatic heterocycles. The third-order valence-electron chi connectivity index (χ3n) is 4.07. The van der Waals surface area contributed by atoms with Crippen LogP contribution in [0.1, 0.15) is 16.1 Å². The minimum absolute atomic E-state index is 0.160. The first-order chi connectivity index (χ1) is 12.6. The standard InChI is InChI=1S/C18H16N6O2/c1-23(10-14-8-15(22-26-14)12-3-5-19-6-4-12)18(25)13-7-16-17(20-9-13)24(2)11-21-16/h3-9,11H,10H2,1-2H3. The smallest absolute Gasteiger partial charge is 0.255 e. The topological polar surface area (TPSA) is 89.9 Å². The van der Waals surface area contributed by atoms with E-state index in [1.54, 1.807) is 42.9 Å². The molecule has 0 unspecified atom stereocenters. The lowest BCUT2D eigenvalue weighted by atomic mass is 10.2. The molecular formula is C18H16N6O2. The maximum atomic E-state index is 12.7. The Balaban J connectivity index is 1.51. The molecule has 1 amide bonds. The Hall–Kier alpha value is -3.55. The van der Waals surface area contributed by atoms with Crippen LogP contribution in [0.4, 0.5) is 0 Å². The highest BCUT2D eigenvalue weighted by molar-refractivity contribution is 5.96. The molecule has 4 aromatic rings. The van der Waals surface area contributed by atoms with Gasteiger partial charge >= 0.3 is 0 Å². The summed E-state index contributed by atoms with van der Waals surface area (Å²) in [6, 6.07) is 7.26. The quantitative estimate of drug-likeness (QED) is 0.562. The lowest BCUT2D eigenvalue weighted by Gasteiger charge is -2.15. The summed E-state index contributed by atoms with van der Waals surface area (Å²) in [4.78, 5) is 26.7. The van der Waals surface area contributed by atoms with E-state index in [9.17, 15) is 4.79 Å². The summed E-state index contributed by atoms with van der Waals surface area (Å²) in [5.74, 6) is 0.437. The Bertz CT molecular complexity index is 1070. The van der Waals surface area contributed by atoms with E-state index in [0.717, 1.165) is 11.2 Å². The highest BCUT2D eigenvalue weighted by atomic mass is 16.5. The Morgan fingerprint density at radius 1 is 1.23 bits per heavy atom. The van der Waals surface area contributed by atoms with Gasteiger partial charge < -0.3 is 14.0 Å². The average molecular weight is 348 g/mol. The number of imidazole rings is 1. The van der Waals surface area contributed by atoms with Crippen molar-refractivity contribution in [1.82, 2.24) is 29.6 Å². The van der Waals surface area contributed by atoms with Crippen LogP contribution in [0.25, 0.3) is 22.4 Å². The van der Waals surface area contributed by atoms with Crippen molar-refractivity contribution in [2.24, 2.45) is 7.05 Å². The van der Waals surface area contributed by atoms with Gasteiger partial charge in [-0.05, 0) is 18.2 Å². The van der Waals surface area contributed by atoms with Crippen molar-refractivity contribution in [1.29, 1.82) is 0 Å². The molecule has 0 fully saturated rings. The Morgan fingerprint density at radius 2 is 2.04 bits per heavy atom. The molecule has 0 spiro atoms. The van der Waals surface area contributed by atoms with E-state index in [1.807, 2.05) is 29.8 Å². The zero-order valence-corrected chi connectivity index (χ0v) is 14.3. The summed E-state index contributed by atoms with van der Waals surface area (Å²) in [6.45, 7) is 0.303. The van der Waals surface area contributed by atoms with E-state index < -0.39 is 0 Å². The largest absolute Gasteiger partial charge is 0.359 e. The summed E-state index contributed by atoms with van der Waals surface area (Å²) in [5.41, 5.74) is 3.52. The number of aromatic nitrogens is 5. The summed E-state index contributed by atoms with van der Waals surface area (Å²) >= 11 is 0. The lowest BCUT2D eigenvalue weighted by Crippen LogP contribution is -2.26. The second-order valence-corrected chi connectivity index (χ2v) is 6.00. The van der Waals surface area contributed by atoms with Crippen LogP contribution < -0.4 is 0 Å². The van der Waals surface area contributed by atoms with Gasteiger partial charge in [0.25, 0.3) is 5.91 Å². The molecule has 0 aliphatic rings. The van der Waals surface area contributed by atoms with E-state index in [2.05, 4.69) is 20.1 Å². The van der Waals surface area contributed by atoms with Crippen molar-refractivity contribution < 1.29 is 9.32 Å². The molecule has 26 heavy (non-hydrogen) atoms. The maximum absolute atomic E-state index is 12.7. The molecule has 0 aliphatic carbocycles. The molecule has 0 bridgehead atoms. The highest BCUT2D eigenvalue weighted by Gasteiger charge is 2.17. The number of hydrogen-bond acceptors (Lipinski definition) is 6. The van der Waals surface area contributed by atoms with Gasteiger partial charge in [0.05, 0.1) is 18.4 Å². The number of carbonyl (C=O) groups excluding carboxylic acids is 1. The van der Waals surface area contributed by atoms with Crippen LogP contribution in [0.2, 0.25) is 0 Å². The van der Waals surface area contributed by atoms with E-state index in [4.69, 9.17) is 4.52 Å². The average Bonchev–Trinajstić information content (AvgIpc) is 3.28. The van der Waals surface area contributed by atoms with Crippen LogP contribution >= 0.6 is 0 Å². The summed E-state index contributed by atoms with van der Waals surface area (Å²) in [6.07, 6.45) is 6.62. The maximum Gasteiger partial charge on any atom is 0.255 e. The number of pyridine rings is 2. The zero-order valence-electron chi connectivity index (χ0n) is 14.3. The molecule has 8 nitrogen and oxygen atoms in total. The van der Waals surface area contributed by atoms with Gasteiger partial charge in [-0.25, -0.2) is 9.97 Å². The fraction of sp³-hybridized carbons (Fsp3) is 0.167. The van der Waals surface area contributed by atoms with Crippen molar-refractivity contribution in [3.8, 4) is 11.3 Å². The molecule has 0 atom stereocenters. The molecule has 0 saturated heterocycles. The second kappa shape index (κ2) is 6.40. The van der Waals surface area contributed by atoms with Gasteiger partial charge in [0.15, 0.2) is 11.4 Å². The first kappa shape index (κ1) is 15.9. The van der Waals surface area contributed by atoms with Gasteiger partial charge in [-0.1, -0.05) is 5.16 Å². The van der Waals surface area contributed by atoms with Crippen molar-refractivity contribution in [3.63, 3.8) is 0 Å². The minimum Gasteiger partial charge on any atom is -0.359 e. The molecule has 4 heterocycles. The normalized spacial score (nSPS) is 11.0. The van der Waals surface area contributed by atoms with Crippen LogP contribution in [-0.2, 0) is 13.6 Å². The molecule has 0 aromatic carbocycles. The third kappa shape index (κ3) is 2.92. The number of hydrogen-bond donors (Lipinski definition) is 0. The van der Waals surface area contributed by atoms with E-state index in [1.165, 1.54) is 0 Å². The van der Waals surface area contributed by atoms with Crippen LogP contribution in [0, 0.1) is 0 Å². The van der Waals surface area contributed by atoms with Gasteiger partial charge in [0, 0.05) is 44.3 Å². The van der Waals surface area contributed by atoms with Crippen LogP contribution in [-0.4, -0.2) is 42.5 Å². The third-order valence-corrected chi connectivity index (χ3v) is 4.07. The van der Waals surface area contributed by atoms with Gasteiger partial charge in [0.2, 0.25) is 0 Å². The first-order valence-corrected chi connectivity index (χ1v) is 8.00. The molecule has 130 valence electrons. The number of nitrogens with zero attached hydrogens (tertiary/aromatic N) is 6. The van der Waals surface area contributed by atoms with Gasteiger partial charge in [0.1, 0.15) is 11.2 Å². The molecule has 0 radical (unpaired) electrons. The molecular weight excluding hydrogens is 332 g/mol. The lowest BCUT2D eigenvalue weighted by molar-refractivity contribution is 0.0772. The molecule has 0 N–H and O–H groups in total. The van der Waals surface area contributed by atoms with Gasteiger partial charge in [-0.15, -0.1) is 0 Å². The van der Waals surface area contributed by atoms with Crippen LogP contribution in [0.15, 0.2) is 53.7 Å². The minimum atomic E-state index is -0.160. The summed E-state index contributed by atoms with van der Waals surface area (Å²) < 4.78 is 7.16. The second-order valence-electron chi connectivity index (χ2n) is 6.00. The Labute approximate surface area is 149 Å². The zero-order chi connectivity index (χ0) is 18.1. The Morgan fingerprint density at radius 3 is 2.85 bits per heavy atom. The Kier molecular flexibility index (Phi) is 3.92. The van der Waals surface area contributed by atoms with Gasteiger partial charge in [-0.2, -0.15) is 0 Å². The van der Waals surface area contributed by atoms with Crippen LogP contribution in [0.5, 0.6) is 0 Å². The SMILES string of the molecule is CN(Cc1cc(-c2ccncc2)no1)C(=O)c1cnc2c(c1)ncn2C. The predicted octanol–water partition coefficient (Wildman–Crippen LogP) is 2.29. The molecule has 8 heteroatoms. The fourth-order valence-corrected chi connectivity index (χ4v) is 2.71. The summed E-state index contributed by atoms with van der Waals surface area (Å²) in [7, 11) is 3.57. The highest BCUT2D eigenvalue weighted by Crippen LogP contribution is 2.19. The van der Waals surface area contributed by atoms with Crippen molar-refractivity contribution in [2.45, 2.75) is 6.54 Å². The van der Waals surface area contributed by atoms with E-state index in [-0.39, 0.29) is 5.91 Å². The first-order valence-electron chi connectivity index (χ1n) is 8.00. The van der Waals surface area contributed by atoms with Crippen molar-refractivity contribution in [3.05, 3.63) is 60.5 Å². The monoisotopic (exact) mass is 348 g/mol. The van der Waals surface area contributed by atoms with Crippen molar-refractivity contribution in [2.75, 3.05) is 7.05 Å². The predicted molar refractivity (Wildman–Crippen MR) is 94.0 cm³/mol. The number of rotatable bonds is 4. The van der Waals surface area contributed by atoms with Crippen LogP contribution in [0.3, 0.4) is 0 Å². The number of aryl methyl sites for hydroxylation is 1. The molecule has 4 aromatic heterocycles. The van der Waals surface area contributed by atoms with Crippen molar-refractivity contribution >= 4 is 17.1 Å².